The topological polar surface area (TPSA) is 159 Å². The summed E-state index contributed by atoms with van der Waals surface area (Å²) in [5.74, 6) is -3.27. The molecule has 9 nitrogen and oxygen atoms in total. The van der Waals surface area contributed by atoms with Gasteiger partial charge in [-0.15, -0.1) is 0 Å². The van der Waals surface area contributed by atoms with Crippen LogP contribution in [0.25, 0.3) is 0 Å². The number of nitrogens with two attached hydrogens (primary N) is 1. The van der Waals surface area contributed by atoms with E-state index in [-0.39, 0.29) is 19.3 Å². The Hall–Kier alpha value is -1.65. The molecule has 10 heteroatoms. The molecular formula is C11H19BN2O7. The molecule has 1 rings (SSSR count). The molecule has 0 spiro atoms. The van der Waals surface area contributed by atoms with Gasteiger partial charge in [0.05, 0.1) is 18.5 Å². The van der Waals surface area contributed by atoms with Crippen LogP contribution in [-0.4, -0.2) is 58.3 Å². The fraction of sp³-hybridized carbons (Fsp3) is 0.727. The van der Waals surface area contributed by atoms with Crippen LogP contribution in [0.5, 0.6) is 0 Å². The van der Waals surface area contributed by atoms with Crippen molar-refractivity contribution in [1.82, 2.24) is 5.32 Å². The molecular weight excluding hydrogens is 283 g/mol. The zero-order valence-corrected chi connectivity index (χ0v) is 11.4. The number of carboxylic acids is 2. The predicted molar refractivity (Wildman–Crippen MR) is 71.1 cm³/mol. The number of hydrogen-bond donors (Lipinski definition) is 5. The van der Waals surface area contributed by atoms with Crippen LogP contribution in [0, 0.1) is 0 Å². The van der Waals surface area contributed by atoms with Crippen molar-refractivity contribution in [2.75, 3.05) is 0 Å². The van der Waals surface area contributed by atoms with Crippen LogP contribution in [0.3, 0.4) is 0 Å². The van der Waals surface area contributed by atoms with Crippen LogP contribution < -0.4 is 11.1 Å². The standard InChI is InChI=1S/C11H19BN2O7/c13-7(11(18)19)2-4-9(15)14-8-3-1-6(5-10(16)17)21-12(8)20/h6-8,20H,1-5,13H2,(H,14,15)(H,16,17)(H,18,19)/t6-,7-,8-/m0/s1. The number of amides is 1. The first-order chi connectivity index (χ1) is 9.79. The second-order valence-corrected chi connectivity index (χ2v) is 4.98. The summed E-state index contributed by atoms with van der Waals surface area (Å²) < 4.78 is 5.12. The van der Waals surface area contributed by atoms with Gasteiger partial charge in [0.2, 0.25) is 5.91 Å². The Kier molecular flexibility index (Phi) is 6.60. The smallest absolute Gasteiger partial charge is 0.478 e. The van der Waals surface area contributed by atoms with Gasteiger partial charge in [-0.05, 0) is 19.3 Å². The Balaban J connectivity index is 2.34. The van der Waals surface area contributed by atoms with E-state index >= 15 is 0 Å². The molecule has 0 aromatic heterocycles. The summed E-state index contributed by atoms with van der Waals surface area (Å²) in [5, 5.41) is 29.5. The van der Waals surface area contributed by atoms with E-state index in [0.717, 1.165) is 0 Å². The highest BCUT2D eigenvalue weighted by Gasteiger charge is 2.36. The summed E-state index contributed by atoms with van der Waals surface area (Å²) >= 11 is 0. The van der Waals surface area contributed by atoms with Gasteiger partial charge < -0.3 is 30.9 Å². The van der Waals surface area contributed by atoms with E-state index in [1.807, 2.05) is 0 Å². The van der Waals surface area contributed by atoms with Gasteiger partial charge in [-0.25, -0.2) is 0 Å². The van der Waals surface area contributed by atoms with Crippen molar-refractivity contribution in [3.63, 3.8) is 0 Å². The van der Waals surface area contributed by atoms with Gasteiger partial charge >= 0.3 is 19.1 Å². The molecule has 1 fully saturated rings. The second-order valence-electron chi connectivity index (χ2n) is 4.98. The SMILES string of the molecule is N[C@@H](CCC(=O)N[C@H]1CC[C@@H](CC(=O)O)OB1O)C(=O)O. The Bertz CT molecular complexity index is 406. The second kappa shape index (κ2) is 7.96. The van der Waals surface area contributed by atoms with Crippen LogP contribution in [0.15, 0.2) is 0 Å². The zero-order valence-electron chi connectivity index (χ0n) is 11.4. The first-order valence-corrected chi connectivity index (χ1v) is 6.62. The number of rotatable bonds is 7. The monoisotopic (exact) mass is 302 g/mol. The number of carbonyl (C=O) groups excluding carboxylic acids is 1. The molecule has 1 aliphatic rings. The number of carboxylic acid groups (broad SMARTS) is 2. The molecule has 6 N–H and O–H groups in total. The molecule has 0 aromatic rings. The van der Waals surface area contributed by atoms with Gasteiger partial charge in [0, 0.05) is 6.42 Å². The number of aliphatic carboxylic acids is 2. The van der Waals surface area contributed by atoms with E-state index in [1.165, 1.54) is 0 Å². The normalized spacial score (nSPS) is 23.4. The highest BCUT2D eigenvalue weighted by Crippen LogP contribution is 2.18. The molecule has 21 heavy (non-hydrogen) atoms. The Morgan fingerprint density at radius 3 is 2.52 bits per heavy atom. The largest absolute Gasteiger partial charge is 0.481 e. The molecule has 0 radical (unpaired) electrons. The molecule has 1 saturated heterocycles. The number of carbonyl (C=O) groups is 3. The molecule has 0 aliphatic carbocycles. The van der Waals surface area contributed by atoms with E-state index in [0.29, 0.717) is 12.8 Å². The van der Waals surface area contributed by atoms with Crippen molar-refractivity contribution in [2.24, 2.45) is 5.73 Å². The maximum Gasteiger partial charge on any atom is 0.478 e. The Morgan fingerprint density at radius 2 is 2.00 bits per heavy atom. The first-order valence-electron chi connectivity index (χ1n) is 6.62. The fourth-order valence-electron chi connectivity index (χ4n) is 2.05. The lowest BCUT2D eigenvalue weighted by molar-refractivity contribution is -0.140. The molecule has 0 saturated carbocycles. The molecule has 0 bridgehead atoms. The molecule has 1 aliphatic heterocycles. The minimum atomic E-state index is -1.28. The van der Waals surface area contributed by atoms with Crippen molar-refractivity contribution in [3.05, 3.63) is 0 Å². The van der Waals surface area contributed by atoms with Crippen LogP contribution in [-0.2, 0) is 19.0 Å². The molecule has 3 atom stereocenters. The van der Waals surface area contributed by atoms with Gasteiger partial charge in [0.1, 0.15) is 6.04 Å². The lowest BCUT2D eigenvalue weighted by Gasteiger charge is -2.30. The minimum absolute atomic E-state index is 0.00746. The van der Waals surface area contributed by atoms with Gasteiger partial charge in [0.25, 0.3) is 0 Å². The lowest BCUT2D eigenvalue weighted by Crippen LogP contribution is -2.53. The van der Waals surface area contributed by atoms with Gasteiger partial charge in [-0.3, -0.25) is 14.4 Å². The van der Waals surface area contributed by atoms with Crippen molar-refractivity contribution in [2.45, 2.75) is 50.2 Å². The first kappa shape index (κ1) is 17.4. The zero-order chi connectivity index (χ0) is 16.0. The van der Waals surface area contributed by atoms with E-state index in [1.54, 1.807) is 0 Å². The summed E-state index contributed by atoms with van der Waals surface area (Å²) in [7, 11) is -1.28. The molecule has 1 heterocycles. The van der Waals surface area contributed by atoms with E-state index < -0.39 is 43.1 Å². The average Bonchev–Trinajstić information content (AvgIpc) is 2.38. The fourth-order valence-corrected chi connectivity index (χ4v) is 2.05. The van der Waals surface area contributed by atoms with Crippen molar-refractivity contribution in [1.29, 1.82) is 0 Å². The third-order valence-electron chi connectivity index (χ3n) is 3.22. The third kappa shape index (κ3) is 6.11. The maximum atomic E-state index is 11.6. The lowest BCUT2D eigenvalue weighted by atomic mass is 9.72. The van der Waals surface area contributed by atoms with Crippen molar-refractivity contribution >= 4 is 25.0 Å². The third-order valence-corrected chi connectivity index (χ3v) is 3.22. The molecule has 1 amide bonds. The summed E-state index contributed by atoms with van der Waals surface area (Å²) in [6.07, 6.45) is -0.0720. The number of hydrogen-bond acceptors (Lipinski definition) is 6. The summed E-state index contributed by atoms with van der Waals surface area (Å²) in [5.41, 5.74) is 5.28. The minimum Gasteiger partial charge on any atom is -0.481 e. The van der Waals surface area contributed by atoms with E-state index in [9.17, 15) is 19.4 Å². The molecule has 0 aromatic carbocycles. The molecule has 0 unspecified atom stereocenters. The number of nitrogens with one attached hydrogen (secondary N) is 1. The highest BCUT2D eigenvalue weighted by atomic mass is 16.5. The predicted octanol–water partition coefficient (Wildman–Crippen LogP) is -1.66. The van der Waals surface area contributed by atoms with Gasteiger partial charge in [-0.2, -0.15) is 0 Å². The van der Waals surface area contributed by atoms with Crippen LogP contribution in [0.1, 0.15) is 32.1 Å². The van der Waals surface area contributed by atoms with Crippen LogP contribution >= 0.6 is 0 Å². The van der Waals surface area contributed by atoms with Gasteiger partial charge in [-0.1, -0.05) is 0 Å². The summed E-state index contributed by atoms with van der Waals surface area (Å²) in [6, 6.07) is -1.11. The Morgan fingerprint density at radius 1 is 1.33 bits per heavy atom. The molecule has 118 valence electrons. The average molecular weight is 302 g/mol. The van der Waals surface area contributed by atoms with Crippen molar-refractivity contribution in [3.8, 4) is 0 Å². The maximum absolute atomic E-state index is 11.6. The quantitative estimate of drug-likeness (QED) is 0.349. The van der Waals surface area contributed by atoms with Crippen LogP contribution in [0.4, 0.5) is 0 Å². The van der Waals surface area contributed by atoms with Gasteiger partial charge in [0.15, 0.2) is 0 Å². The van der Waals surface area contributed by atoms with Crippen molar-refractivity contribution < 1.29 is 34.3 Å². The van der Waals surface area contributed by atoms with E-state index in [4.69, 9.17) is 20.6 Å². The Labute approximate surface area is 121 Å². The highest BCUT2D eigenvalue weighted by molar-refractivity contribution is 6.45. The van der Waals surface area contributed by atoms with E-state index in [2.05, 4.69) is 5.32 Å². The summed E-state index contributed by atoms with van der Waals surface area (Å²) in [4.78, 5) is 32.7. The summed E-state index contributed by atoms with van der Waals surface area (Å²) in [6.45, 7) is 0. The van der Waals surface area contributed by atoms with Crippen LogP contribution in [0.2, 0.25) is 0 Å².